The molecular formula is C70H104N10O9Si. The minimum Gasteiger partial charge on any atom is -0.381 e. The second-order valence-electron chi connectivity index (χ2n) is 26.0. The summed E-state index contributed by atoms with van der Waals surface area (Å²) >= 11 is 0. The lowest BCUT2D eigenvalue weighted by molar-refractivity contribution is -0.123. The molecule has 2 atom stereocenters. The van der Waals surface area contributed by atoms with E-state index in [9.17, 15) is 28.8 Å². The molecule has 4 aliphatic rings. The summed E-state index contributed by atoms with van der Waals surface area (Å²) in [6.07, 6.45) is 24.0. The summed E-state index contributed by atoms with van der Waals surface area (Å²) < 4.78 is 23.5. The Balaban J connectivity index is 0.000000260. The van der Waals surface area contributed by atoms with Crippen LogP contribution >= 0.6 is 0 Å². The Labute approximate surface area is 534 Å². The SMILES string of the molecule is CCC(=O)CCCCC[C@@H]1NC(=O)CN(C)CCCCOCCCCn2ccc3cc(ccc3c2=O)-c2cn(COCC[Si](C)(C)C)c1n2.CCC(=O)CCCCC[C@@H]1NC(=O)CN(C)CCCCOCCCCn2ccc3cc(ccc3c2=O)-c2cnc1[nH]2. The maximum Gasteiger partial charge on any atom is 0.258 e. The summed E-state index contributed by atoms with van der Waals surface area (Å²) in [5.41, 5.74) is 3.49. The normalized spacial score (nSPS) is 17.9. The van der Waals surface area contributed by atoms with Crippen LogP contribution < -0.4 is 21.8 Å². The molecule has 2 amide bonds. The molecule has 4 aliphatic heterocycles. The van der Waals surface area contributed by atoms with E-state index in [1.54, 1.807) is 15.3 Å². The maximum atomic E-state index is 13.5. The van der Waals surface area contributed by atoms with E-state index in [2.05, 4.69) is 45.1 Å². The molecule has 8 heterocycles. The van der Waals surface area contributed by atoms with Gasteiger partial charge in [-0.1, -0.05) is 71.3 Å². The van der Waals surface area contributed by atoms with Crippen LogP contribution in [0.5, 0.6) is 0 Å². The number of pyridine rings is 2. The molecule has 0 aliphatic carbocycles. The molecule has 20 heteroatoms. The molecule has 10 rings (SSSR count). The lowest BCUT2D eigenvalue weighted by atomic mass is 10.0. The van der Waals surface area contributed by atoms with Gasteiger partial charge in [0, 0.05) is 120 Å². The van der Waals surface area contributed by atoms with Gasteiger partial charge in [-0.05, 0) is 157 Å². The number of hydrogen-bond acceptors (Lipinski definition) is 13. The first kappa shape index (κ1) is 71.0. The number of benzene rings is 2. The highest BCUT2D eigenvalue weighted by atomic mass is 28.3. The summed E-state index contributed by atoms with van der Waals surface area (Å²) in [6, 6.07) is 16.2. The monoisotopic (exact) mass is 1260 g/mol. The zero-order valence-electron chi connectivity index (χ0n) is 55.2. The number of aromatic nitrogens is 6. The summed E-state index contributed by atoms with van der Waals surface area (Å²) in [7, 11) is 2.68. The first-order chi connectivity index (χ1) is 43.5. The van der Waals surface area contributed by atoms with Crippen LogP contribution in [0, 0.1) is 0 Å². The highest BCUT2D eigenvalue weighted by molar-refractivity contribution is 6.76. The molecule has 2 aromatic carbocycles. The van der Waals surface area contributed by atoms with Gasteiger partial charge in [0.1, 0.15) is 29.9 Å². The maximum absolute atomic E-state index is 13.5. The molecule has 0 fully saturated rings. The van der Waals surface area contributed by atoms with Crippen molar-refractivity contribution >= 4 is 53.0 Å². The second-order valence-corrected chi connectivity index (χ2v) is 31.6. The smallest absolute Gasteiger partial charge is 0.258 e. The van der Waals surface area contributed by atoms with E-state index in [4.69, 9.17) is 19.2 Å². The van der Waals surface area contributed by atoms with Crippen LogP contribution in [0.4, 0.5) is 0 Å². The number of carbonyl (C=O) groups excluding carboxylic acids is 4. The van der Waals surface area contributed by atoms with Gasteiger partial charge in [0.2, 0.25) is 11.8 Å². The number of likely N-dealkylation sites (N-methyl/N-ethyl adjacent to an activating group) is 2. The van der Waals surface area contributed by atoms with Crippen molar-refractivity contribution in [2.45, 2.75) is 200 Å². The molecule has 6 aromatic rings. The Hall–Kier alpha value is -6.42. The lowest BCUT2D eigenvalue weighted by Gasteiger charge is -2.22. The number of aryl methyl sites for hydroxylation is 2. The number of amides is 2. The van der Waals surface area contributed by atoms with Crippen LogP contribution in [0.25, 0.3) is 44.1 Å². The third-order valence-corrected chi connectivity index (χ3v) is 18.8. The highest BCUT2D eigenvalue weighted by Crippen LogP contribution is 2.29. The highest BCUT2D eigenvalue weighted by Gasteiger charge is 2.25. The molecule has 19 nitrogen and oxygen atoms in total. The Morgan fingerprint density at radius 1 is 0.622 bits per heavy atom. The third-order valence-electron chi connectivity index (χ3n) is 17.0. The van der Waals surface area contributed by atoms with Crippen LogP contribution in [0.2, 0.25) is 25.7 Å². The Bertz CT molecular complexity index is 3350. The summed E-state index contributed by atoms with van der Waals surface area (Å²) in [4.78, 5) is 93.9. The number of ketones is 2. The van der Waals surface area contributed by atoms with E-state index in [0.717, 1.165) is 155 Å². The van der Waals surface area contributed by atoms with Crippen molar-refractivity contribution in [2.24, 2.45) is 0 Å². The number of rotatable bonds is 19. The van der Waals surface area contributed by atoms with Gasteiger partial charge < -0.3 is 43.5 Å². The molecule has 0 spiro atoms. The van der Waals surface area contributed by atoms with Gasteiger partial charge in [-0.25, -0.2) is 9.97 Å². The standard InChI is InChI=1S/C38H59N5O5Si.C32H45N5O4/c1-6-32(44)14-8-7-9-15-34-37-40-35(27-43(37)29-48-24-25-49(3,4)5)31-16-17-33-30(26-31)18-21-42(38(33)46)20-11-13-23-47-22-12-10-19-41(2)28-36(45)39-34;1-3-26(38)11-5-4-6-12-28-31-33-22-29(35-31)25-13-14-27-24(21-25)15-18-37(32(27)40)17-8-10-20-41-19-9-7-16-36(2)23-30(39)34-28/h16-18,21,26-27,34H,6-15,19-20,22-25,28-29H2,1-5H3,(H,39,45);13-15,18,21-22,28H,3-12,16-17,19-20,23H2,1-2H3,(H,33,35)(H,34,39)/t34-;28-/m00/s1. The first-order valence-corrected chi connectivity index (χ1v) is 37.3. The molecule has 0 saturated heterocycles. The van der Waals surface area contributed by atoms with Crippen LogP contribution in [0.15, 0.2) is 82.9 Å². The fourth-order valence-electron chi connectivity index (χ4n) is 11.5. The average Bonchev–Trinajstić information content (AvgIpc) is 1.47. The van der Waals surface area contributed by atoms with Crippen molar-refractivity contribution in [3.05, 3.63) is 106 Å². The molecule has 0 radical (unpaired) electrons. The predicted octanol–water partition coefficient (Wildman–Crippen LogP) is 11.8. The van der Waals surface area contributed by atoms with Gasteiger partial charge in [-0.15, -0.1) is 0 Å². The van der Waals surface area contributed by atoms with E-state index in [0.29, 0.717) is 120 Å². The topological polar surface area (TPSA) is 217 Å². The van der Waals surface area contributed by atoms with Crippen molar-refractivity contribution in [1.29, 1.82) is 0 Å². The molecule has 12 bridgehead atoms. The van der Waals surface area contributed by atoms with Crippen LogP contribution in [0.1, 0.15) is 166 Å². The fourth-order valence-corrected chi connectivity index (χ4v) is 12.2. The van der Waals surface area contributed by atoms with Gasteiger partial charge >= 0.3 is 0 Å². The molecular weight excluding hydrogens is 1150 g/mol. The zero-order valence-corrected chi connectivity index (χ0v) is 56.2. The van der Waals surface area contributed by atoms with Crippen LogP contribution in [-0.2, 0) is 53.2 Å². The number of ether oxygens (including phenoxy) is 3. The Morgan fingerprint density at radius 2 is 1.12 bits per heavy atom. The van der Waals surface area contributed by atoms with Crippen LogP contribution in [0.3, 0.4) is 0 Å². The van der Waals surface area contributed by atoms with Gasteiger partial charge in [0.15, 0.2) is 0 Å². The Kier molecular flexibility index (Phi) is 29.3. The summed E-state index contributed by atoms with van der Waals surface area (Å²) in [5, 5.41) is 9.65. The zero-order chi connectivity index (χ0) is 64.3. The Morgan fingerprint density at radius 3 is 1.66 bits per heavy atom. The fraction of sp³-hybridized carbons (Fsp3) is 0.600. The molecule has 90 heavy (non-hydrogen) atoms. The van der Waals surface area contributed by atoms with Crippen LogP contribution in [-0.4, -0.2) is 143 Å². The number of imidazole rings is 2. The molecule has 0 saturated carbocycles. The van der Waals surface area contributed by atoms with E-state index in [1.807, 2.05) is 105 Å². The van der Waals surface area contributed by atoms with E-state index < -0.39 is 8.07 Å². The van der Waals surface area contributed by atoms with Crippen molar-refractivity contribution in [3.63, 3.8) is 0 Å². The van der Waals surface area contributed by atoms with Crippen molar-refractivity contribution in [1.82, 2.24) is 49.1 Å². The number of Topliss-reactive ketones (excluding diaryl/α,β-unsaturated/α-hetero) is 2. The number of nitrogens with zero attached hydrogens (tertiary/aromatic N) is 7. The van der Waals surface area contributed by atoms with Gasteiger partial charge in [-0.3, -0.25) is 38.6 Å². The lowest BCUT2D eigenvalue weighted by Crippen LogP contribution is -2.38. The van der Waals surface area contributed by atoms with Gasteiger partial charge in [-0.2, -0.15) is 0 Å². The first-order valence-electron chi connectivity index (χ1n) is 33.6. The number of aromatic amines is 1. The molecule has 4 aromatic heterocycles. The minimum atomic E-state index is -1.27. The predicted molar refractivity (Wildman–Crippen MR) is 361 cm³/mol. The largest absolute Gasteiger partial charge is 0.381 e. The number of carbonyl (C=O) groups is 4. The van der Waals surface area contributed by atoms with E-state index in [1.165, 1.54) is 0 Å². The van der Waals surface area contributed by atoms with Crippen molar-refractivity contribution in [2.75, 3.05) is 73.3 Å². The number of hydrogen-bond donors (Lipinski definition) is 3. The number of H-pyrrole nitrogens is 1. The number of fused-ring (bicyclic) bond motifs is 30. The second kappa shape index (κ2) is 37.2. The molecule has 3 N–H and O–H groups in total. The average molecular weight is 1260 g/mol. The van der Waals surface area contributed by atoms with Crippen molar-refractivity contribution in [3.8, 4) is 22.5 Å². The minimum absolute atomic E-state index is 0.0120. The number of nitrogens with one attached hydrogen (secondary N) is 3. The number of unbranched alkanes of at least 4 members (excludes halogenated alkanes) is 4. The van der Waals surface area contributed by atoms with Gasteiger partial charge in [0.05, 0.1) is 42.8 Å². The quantitative estimate of drug-likeness (QED) is 0.0509. The molecule has 492 valence electrons. The van der Waals surface area contributed by atoms with Gasteiger partial charge in [0.25, 0.3) is 11.1 Å². The van der Waals surface area contributed by atoms with E-state index in [-0.39, 0.29) is 40.8 Å². The van der Waals surface area contributed by atoms with E-state index >= 15 is 0 Å². The molecule has 0 unspecified atom stereocenters. The van der Waals surface area contributed by atoms with Crippen molar-refractivity contribution < 1.29 is 33.4 Å². The summed E-state index contributed by atoms with van der Waals surface area (Å²) in [5.74, 6) is 1.98. The third kappa shape index (κ3) is 23.4. The summed E-state index contributed by atoms with van der Waals surface area (Å²) in [6.45, 7) is 18.2.